The fraction of sp³-hybridized carbons (Fsp3) is 0.727. The van der Waals surface area contributed by atoms with Crippen molar-refractivity contribution in [3.63, 3.8) is 0 Å². The zero-order chi connectivity index (χ0) is 9.94. The first kappa shape index (κ1) is 12.0. The van der Waals surface area contributed by atoms with Gasteiger partial charge in [0.1, 0.15) is 0 Å². The van der Waals surface area contributed by atoms with Crippen LogP contribution in [0.1, 0.15) is 45.4 Å². The second kappa shape index (κ2) is 9.12. The number of carbonyl (C=O) groups is 1. The van der Waals surface area contributed by atoms with Gasteiger partial charge in [-0.2, -0.15) is 0 Å². The van der Waals surface area contributed by atoms with Crippen molar-refractivity contribution in [2.24, 2.45) is 0 Å². The average molecular weight is 182 g/mol. The van der Waals surface area contributed by atoms with Crippen LogP contribution in [0.15, 0.2) is 0 Å². The monoisotopic (exact) mass is 182 g/mol. The Morgan fingerprint density at radius 3 is 2.54 bits per heavy atom. The second-order valence-electron chi connectivity index (χ2n) is 2.96. The van der Waals surface area contributed by atoms with Crippen molar-refractivity contribution < 1.29 is 9.53 Å². The molecule has 74 valence electrons. The van der Waals surface area contributed by atoms with Gasteiger partial charge >= 0.3 is 5.97 Å². The van der Waals surface area contributed by atoms with Crippen molar-refractivity contribution >= 4 is 5.97 Å². The molecule has 0 heterocycles. The topological polar surface area (TPSA) is 26.3 Å². The van der Waals surface area contributed by atoms with E-state index in [2.05, 4.69) is 23.5 Å². The summed E-state index contributed by atoms with van der Waals surface area (Å²) in [5.41, 5.74) is 0. The minimum Gasteiger partial charge on any atom is -0.459 e. The second-order valence-corrected chi connectivity index (χ2v) is 2.96. The van der Waals surface area contributed by atoms with E-state index in [1.807, 2.05) is 0 Å². The van der Waals surface area contributed by atoms with E-state index in [9.17, 15) is 4.79 Å². The molecule has 0 unspecified atom stereocenters. The molecule has 0 atom stereocenters. The molecule has 0 aromatic heterocycles. The minimum absolute atomic E-state index is 0.437. The first-order valence-corrected chi connectivity index (χ1v) is 4.88. The molecule has 0 amide bonds. The molecule has 0 saturated carbocycles. The molecule has 0 aliphatic carbocycles. The molecule has 0 spiro atoms. The van der Waals surface area contributed by atoms with Crippen LogP contribution in [-0.2, 0) is 9.53 Å². The van der Waals surface area contributed by atoms with Crippen molar-refractivity contribution in [2.45, 2.75) is 45.4 Å². The molecule has 2 heteroatoms. The fourth-order valence-corrected chi connectivity index (χ4v) is 1.00. The van der Waals surface area contributed by atoms with E-state index in [0.29, 0.717) is 0 Å². The van der Waals surface area contributed by atoms with Gasteiger partial charge < -0.3 is 4.74 Å². The van der Waals surface area contributed by atoms with Gasteiger partial charge in [0.15, 0.2) is 0 Å². The summed E-state index contributed by atoms with van der Waals surface area (Å²) in [6.07, 6.45) is 6.93. The molecule has 0 bridgehead atoms. The lowest BCUT2D eigenvalue weighted by atomic mass is 10.1. The Kier molecular flexibility index (Phi) is 8.44. The zero-order valence-corrected chi connectivity index (χ0v) is 8.56. The quantitative estimate of drug-likeness (QED) is 0.282. The molecule has 0 aromatic carbocycles. The van der Waals surface area contributed by atoms with Crippen molar-refractivity contribution in [1.82, 2.24) is 0 Å². The predicted octanol–water partition coefficient (Wildman–Crippen LogP) is 2.52. The Hall–Kier alpha value is -0.970. The molecule has 0 aromatic rings. The zero-order valence-electron chi connectivity index (χ0n) is 8.56. The van der Waals surface area contributed by atoms with E-state index in [1.165, 1.54) is 32.8 Å². The van der Waals surface area contributed by atoms with Crippen LogP contribution in [0.5, 0.6) is 0 Å². The summed E-state index contributed by atoms with van der Waals surface area (Å²) in [6.45, 7) is 2.19. The highest BCUT2D eigenvalue weighted by Gasteiger charge is 1.89. The van der Waals surface area contributed by atoms with Gasteiger partial charge in [-0.25, -0.2) is 4.79 Å². The number of methoxy groups -OCH3 is 1. The van der Waals surface area contributed by atoms with E-state index in [0.717, 1.165) is 12.8 Å². The maximum Gasteiger partial charge on any atom is 0.384 e. The highest BCUT2D eigenvalue weighted by Crippen LogP contribution is 2.03. The number of esters is 1. The highest BCUT2D eigenvalue weighted by atomic mass is 16.5. The molecule has 0 aliphatic rings. The Morgan fingerprint density at radius 1 is 1.23 bits per heavy atom. The Morgan fingerprint density at radius 2 is 1.92 bits per heavy atom. The van der Waals surface area contributed by atoms with Gasteiger partial charge in [-0.15, -0.1) is 0 Å². The Labute approximate surface area is 80.7 Å². The smallest absolute Gasteiger partial charge is 0.384 e. The van der Waals surface area contributed by atoms with Crippen molar-refractivity contribution in [1.29, 1.82) is 0 Å². The third-order valence-corrected chi connectivity index (χ3v) is 1.78. The fourth-order valence-electron chi connectivity index (χ4n) is 1.00. The summed E-state index contributed by atoms with van der Waals surface area (Å²) in [4.78, 5) is 10.6. The molecule has 0 saturated heterocycles. The van der Waals surface area contributed by atoms with Gasteiger partial charge in [-0.05, 0) is 6.42 Å². The summed E-state index contributed by atoms with van der Waals surface area (Å²) in [7, 11) is 1.35. The standard InChI is InChI=1S/C11H18O2/c1-3-4-5-6-7-8-9-10-11(12)13-2/h3-8H2,1-2H3. The van der Waals surface area contributed by atoms with Crippen LogP contribution >= 0.6 is 0 Å². The molecular formula is C11H18O2. The van der Waals surface area contributed by atoms with Crippen LogP contribution in [0, 0.1) is 11.8 Å². The van der Waals surface area contributed by atoms with Gasteiger partial charge in [0.25, 0.3) is 0 Å². The van der Waals surface area contributed by atoms with Crippen molar-refractivity contribution in [3.8, 4) is 11.8 Å². The number of rotatable bonds is 5. The van der Waals surface area contributed by atoms with Crippen LogP contribution in [-0.4, -0.2) is 13.1 Å². The van der Waals surface area contributed by atoms with Crippen LogP contribution in [0.3, 0.4) is 0 Å². The lowest BCUT2D eigenvalue weighted by molar-refractivity contribution is -0.133. The Balaban J connectivity index is 3.23. The van der Waals surface area contributed by atoms with Crippen LogP contribution in [0.2, 0.25) is 0 Å². The number of ether oxygens (including phenoxy) is 1. The molecule has 0 fully saturated rings. The van der Waals surface area contributed by atoms with Gasteiger partial charge in [-0.1, -0.05) is 38.5 Å². The third-order valence-electron chi connectivity index (χ3n) is 1.78. The SMILES string of the molecule is CCCCCCCC#CC(=O)OC. The normalized spacial score (nSPS) is 8.77. The minimum atomic E-state index is -0.437. The van der Waals surface area contributed by atoms with Crippen molar-refractivity contribution in [3.05, 3.63) is 0 Å². The van der Waals surface area contributed by atoms with E-state index >= 15 is 0 Å². The number of carbonyl (C=O) groups excluding carboxylic acids is 1. The molecule has 13 heavy (non-hydrogen) atoms. The van der Waals surface area contributed by atoms with Gasteiger partial charge in [0.2, 0.25) is 0 Å². The van der Waals surface area contributed by atoms with Crippen LogP contribution in [0.25, 0.3) is 0 Å². The highest BCUT2D eigenvalue weighted by molar-refractivity contribution is 5.88. The first-order valence-electron chi connectivity index (χ1n) is 4.88. The van der Waals surface area contributed by atoms with E-state index in [4.69, 9.17) is 0 Å². The first-order chi connectivity index (χ1) is 6.31. The van der Waals surface area contributed by atoms with Crippen LogP contribution < -0.4 is 0 Å². The van der Waals surface area contributed by atoms with Gasteiger partial charge in [-0.3, -0.25) is 0 Å². The van der Waals surface area contributed by atoms with E-state index in [-0.39, 0.29) is 0 Å². The maximum atomic E-state index is 10.6. The maximum absolute atomic E-state index is 10.6. The summed E-state index contributed by atoms with van der Waals surface area (Å²) in [5, 5.41) is 0. The van der Waals surface area contributed by atoms with Crippen LogP contribution in [0.4, 0.5) is 0 Å². The van der Waals surface area contributed by atoms with E-state index in [1.54, 1.807) is 0 Å². The number of unbranched alkanes of at least 4 members (excludes halogenated alkanes) is 5. The third kappa shape index (κ3) is 8.94. The van der Waals surface area contributed by atoms with E-state index < -0.39 is 5.97 Å². The Bertz CT molecular complexity index is 186. The van der Waals surface area contributed by atoms with Gasteiger partial charge in [0, 0.05) is 12.3 Å². The molecule has 0 radical (unpaired) electrons. The molecular weight excluding hydrogens is 164 g/mol. The van der Waals surface area contributed by atoms with Gasteiger partial charge in [0.05, 0.1) is 7.11 Å². The predicted molar refractivity (Wildman–Crippen MR) is 53.2 cm³/mol. The summed E-state index contributed by atoms with van der Waals surface area (Å²) in [6, 6.07) is 0. The summed E-state index contributed by atoms with van der Waals surface area (Å²) >= 11 is 0. The number of hydrogen-bond acceptors (Lipinski definition) is 2. The number of hydrogen-bond donors (Lipinski definition) is 0. The molecule has 0 rings (SSSR count). The van der Waals surface area contributed by atoms with Crippen molar-refractivity contribution in [2.75, 3.05) is 7.11 Å². The molecule has 0 N–H and O–H groups in total. The summed E-state index contributed by atoms with van der Waals surface area (Å²) in [5.74, 6) is 4.76. The lowest BCUT2D eigenvalue weighted by Crippen LogP contribution is -1.94. The largest absolute Gasteiger partial charge is 0.459 e. The average Bonchev–Trinajstić information content (AvgIpc) is 2.16. The summed E-state index contributed by atoms with van der Waals surface area (Å²) < 4.78 is 4.38. The lowest BCUT2D eigenvalue weighted by Gasteiger charge is -1.94. The molecule has 2 nitrogen and oxygen atoms in total. The molecule has 0 aliphatic heterocycles.